The van der Waals surface area contributed by atoms with Crippen LogP contribution in [0, 0.1) is 0 Å². The van der Waals surface area contributed by atoms with Crippen molar-refractivity contribution in [3.63, 3.8) is 0 Å². The van der Waals surface area contributed by atoms with Crippen molar-refractivity contribution in [2.45, 2.75) is 36.2 Å². The van der Waals surface area contributed by atoms with Gasteiger partial charge in [-0.2, -0.15) is 4.98 Å². The minimum atomic E-state index is 0.479. The van der Waals surface area contributed by atoms with Crippen LogP contribution in [0.1, 0.15) is 41.9 Å². The third-order valence-electron chi connectivity index (χ3n) is 3.38. The number of benzene rings is 1. The van der Waals surface area contributed by atoms with Crippen LogP contribution in [0.25, 0.3) is 0 Å². The van der Waals surface area contributed by atoms with Gasteiger partial charge in [0.25, 0.3) is 5.22 Å². The molecule has 0 bridgehead atoms. The highest BCUT2D eigenvalue weighted by atomic mass is 32.2. The minimum Gasteiger partial charge on any atom is -0.416 e. The summed E-state index contributed by atoms with van der Waals surface area (Å²) in [6.45, 7) is 0. The van der Waals surface area contributed by atoms with Crippen LogP contribution in [0.4, 0.5) is 0 Å². The van der Waals surface area contributed by atoms with Gasteiger partial charge in [-0.3, -0.25) is 0 Å². The smallest absolute Gasteiger partial charge is 0.277 e. The highest BCUT2D eigenvalue weighted by Gasteiger charge is 2.29. The summed E-state index contributed by atoms with van der Waals surface area (Å²) in [4.78, 5) is 4.37. The lowest BCUT2D eigenvalue weighted by Gasteiger charge is -1.94. The molecule has 0 amide bonds. The molecule has 1 saturated carbocycles. The molecule has 2 heterocycles. The van der Waals surface area contributed by atoms with Crippen molar-refractivity contribution in [3.8, 4) is 0 Å². The number of hydrogen-bond acceptors (Lipinski definition) is 7. The molecule has 0 unspecified atom stereocenters. The SMILES string of the molecule is c1ccc(Cc2nnc(SCc3noc(C4CC4)n3)o2)cc1. The van der Waals surface area contributed by atoms with E-state index in [0.717, 1.165) is 24.3 Å². The van der Waals surface area contributed by atoms with Gasteiger partial charge in [-0.1, -0.05) is 47.3 Å². The molecule has 0 atom stereocenters. The lowest BCUT2D eigenvalue weighted by Crippen LogP contribution is -1.87. The van der Waals surface area contributed by atoms with Crippen molar-refractivity contribution in [2.24, 2.45) is 0 Å². The van der Waals surface area contributed by atoms with Gasteiger partial charge in [0.2, 0.25) is 11.8 Å². The summed E-state index contributed by atoms with van der Waals surface area (Å²) < 4.78 is 10.9. The second-order valence-electron chi connectivity index (χ2n) is 5.24. The highest BCUT2D eigenvalue weighted by molar-refractivity contribution is 7.98. The number of thioether (sulfide) groups is 1. The molecule has 1 aliphatic carbocycles. The first-order chi connectivity index (χ1) is 10.9. The average molecular weight is 314 g/mol. The average Bonchev–Trinajstić information content (AvgIpc) is 3.12. The topological polar surface area (TPSA) is 77.8 Å². The Labute approximate surface area is 131 Å². The van der Waals surface area contributed by atoms with Crippen molar-refractivity contribution < 1.29 is 8.94 Å². The fraction of sp³-hybridized carbons (Fsp3) is 0.333. The fourth-order valence-electron chi connectivity index (χ4n) is 2.09. The lowest BCUT2D eigenvalue weighted by atomic mass is 10.2. The minimum absolute atomic E-state index is 0.479. The van der Waals surface area contributed by atoms with Crippen LogP contribution >= 0.6 is 11.8 Å². The van der Waals surface area contributed by atoms with Crippen molar-refractivity contribution in [1.29, 1.82) is 0 Å². The molecule has 1 aromatic carbocycles. The molecule has 1 fully saturated rings. The van der Waals surface area contributed by atoms with Crippen molar-refractivity contribution >= 4 is 11.8 Å². The monoisotopic (exact) mass is 314 g/mol. The molecule has 7 heteroatoms. The van der Waals surface area contributed by atoms with E-state index < -0.39 is 0 Å². The molecule has 0 spiro atoms. The molecule has 1 aliphatic rings. The first-order valence-corrected chi connectivity index (χ1v) is 8.17. The van der Waals surface area contributed by atoms with E-state index in [1.807, 2.05) is 30.3 Å². The van der Waals surface area contributed by atoms with Crippen LogP contribution < -0.4 is 0 Å². The number of rotatable bonds is 6. The van der Waals surface area contributed by atoms with Crippen LogP contribution in [-0.2, 0) is 12.2 Å². The normalized spacial score (nSPS) is 14.4. The van der Waals surface area contributed by atoms with E-state index in [0.29, 0.717) is 35.0 Å². The zero-order valence-corrected chi connectivity index (χ0v) is 12.6. The van der Waals surface area contributed by atoms with Gasteiger partial charge in [-0.15, -0.1) is 10.2 Å². The summed E-state index contributed by atoms with van der Waals surface area (Å²) in [5.74, 6) is 3.09. The molecule has 6 nitrogen and oxygen atoms in total. The Kier molecular flexibility index (Phi) is 3.64. The van der Waals surface area contributed by atoms with Crippen molar-refractivity contribution in [3.05, 3.63) is 53.5 Å². The molecule has 22 heavy (non-hydrogen) atoms. The highest BCUT2D eigenvalue weighted by Crippen LogP contribution is 2.39. The van der Waals surface area contributed by atoms with Crippen LogP contribution in [0.2, 0.25) is 0 Å². The Morgan fingerprint density at radius 3 is 2.82 bits per heavy atom. The molecular weight excluding hydrogens is 300 g/mol. The van der Waals surface area contributed by atoms with Crippen LogP contribution in [0.15, 0.2) is 44.5 Å². The van der Waals surface area contributed by atoms with Crippen molar-refractivity contribution in [2.75, 3.05) is 0 Å². The maximum atomic E-state index is 5.63. The summed E-state index contributed by atoms with van der Waals surface area (Å²) in [7, 11) is 0. The van der Waals surface area contributed by atoms with E-state index in [1.54, 1.807) is 0 Å². The predicted molar refractivity (Wildman–Crippen MR) is 79.4 cm³/mol. The fourth-order valence-corrected chi connectivity index (χ4v) is 2.71. The Balaban J connectivity index is 1.35. The van der Waals surface area contributed by atoms with Crippen LogP contribution in [-0.4, -0.2) is 20.3 Å². The van der Waals surface area contributed by atoms with Gasteiger partial charge in [0.1, 0.15) is 0 Å². The molecule has 2 aromatic heterocycles. The molecule has 0 radical (unpaired) electrons. The summed E-state index contributed by atoms with van der Waals surface area (Å²) in [5, 5.41) is 12.6. The first-order valence-electron chi connectivity index (χ1n) is 7.18. The van der Waals surface area contributed by atoms with Gasteiger partial charge in [-0.05, 0) is 18.4 Å². The Morgan fingerprint density at radius 2 is 2.00 bits per heavy atom. The first kappa shape index (κ1) is 13.5. The Hall–Kier alpha value is -2.15. The van der Waals surface area contributed by atoms with Gasteiger partial charge < -0.3 is 8.94 Å². The molecule has 0 aliphatic heterocycles. The number of hydrogen-bond donors (Lipinski definition) is 0. The van der Waals surface area contributed by atoms with Gasteiger partial charge >= 0.3 is 0 Å². The summed E-state index contributed by atoms with van der Waals surface area (Å²) in [6, 6.07) is 10.1. The molecule has 0 saturated heterocycles. The number of aromatic nitrogens is 4. The third kappa shape index (κ3) is 3.19. The van der Waals surface area contributed by atoms with E-state index >= 15 is 0 Å². The third-order valence-corrected chi connectivity index (χ3v) is 4.20. The largest absolute Gasteiger partial charge is 0.416 e. The number of nitrogens with zero attached hydrogens (tertiary/aromatic N) is 4. The van der Waals surface area contributed by atoms with E-state index in [4.69, 9.17) is 8.94 Å². The molecule has 112 valence electrons. The molecular formula is C15H14N4O2S. The predicted octanol–water partition coefficient (Wildman–Crippen LogP) is 3.21. The second-order valence-corrected chi connectivity index (χ2v) is 6.16. The maximum Gasteiger partial charge on any atom is 0.277 e. The van der Waals surface area contributed by atoms with Gasteiger partial charge in [0, 0.05) is 5.92 Å². The van der Waals surface area contributed by atoms with Crippen LogP contribution in [0.3, 0.4) is 0 Å². The summed E-state index contributed by atoms with van der Waals surface area (Å²) in [6.07, 6.45) is 2.95. The quantitative estimate of drug-likeness (QED) is 0.646. The van der Waals surface area contributed by atoms with E-state index in [9.17, 15) is 0 Å². The standard InChI is InChI=1S/C15H14N4O2S/c1-2-4-10(5-3-1)8-13-17-18-15(20-13)22-9-12-16-14(21-19-12)11-6-7-11/h1-5,11H,6-9H2. The van der Waals surface area contributed by atoms with Crippen molar-refractivity contribution in [1.82, 2.24) is 20.3 Å². The molecule has 0 N–H and O–H groups in total. The maximum absolute atomic E-state index is 5.63. The van der Waals surface area contributed by atoms with E-state index in [2.05, 4.69) is 20.3 Å². The summed E-state index contributed by atoms with van der Waals surface area (Å²) >= 11 is 1.43. The van der Waals surface area contributed by atoms with Gasteiger partial charge in [0.15, 0.2) is 5.82 Å². The lowest BCUT2D eigenvalue weighted by molar-refractivity contribution is 0.375. The van der Waals surface area contributed by atoms with E-state index in [1.165, 1.54) is 11.8 Å². The van der Waals surface area contributed by atoms with Gasteiger partial charge in [0.05, 0.1) is 12.2 Å². The van der Waals surface area contributed by atoms with Gasteiger partial charge in [-0.25, -0.2) is 0 Å². The summed E-state index contributed by atoms with van der Waals surface area (Å²) in [5.41, 5.74) is 1.15. The Morgan fingerprint density at radius 1 is 1.14 bits per heavy atom. The zero-order chi connectivity index (χ0) is 14.8. The van der Waals surface area contributed by atoms with E-state index in [-0.39, 0.29) is 0 Å². The van der Waals surface area contributed by atoms with Crippen LogP contribution in [0.5, 0.6) is 0 Å². The molecule has 3 aromatic rings. The molecule has 4 rings (SSSR count). The Bertz CT molecular complexity index is 752. The zero-order valence-electron chi connectivity index (χ0n) is 11.8. The second kappa shape index (κ2) is 5.92.